The monoisotopic (exact) mass is 1320 g/mol. The molecular weight excluding hydrogens is 1190 g/mol. The van der Waals surface area contributed by atoms with Gasteiger partial charge in [-0.1, -0.05) is 245 Å². The number of hydrogen-bond acceptors (Lipinski definition) is 14. The Morgan fingerprint density at radius 1 is 0.319 bits per heavy atom. The molecule has 4 N–H and O–H groups in total. The van der Waals surface area contributed by atoms with E-state index in [1.807, 2.05) is 0 Å². The first-order chi connectivity index (χ1) is 44.2. The van der Waals surface area contributed by atoms with Crippen LogP contribution in [-0.2, 0) is 55.8 Å². The van der Waals surface area contributed by atoms with Gasteiger partial charge in [-0.2, -0.15) is 0 Å². The second-order valence-electron chi connectivity index (χ2n) is 22.9. The standard InChI is InChI=1S/C73H124O16P2/c1-4-7-10-13-16-19-22-25-27-29-30-31-32-33-34-35-36-38-40-42-44-47-50-53-56-59-71(76)83-62-68(74)63-85-90(79,80)86-64-69(75)65-87-91(81,82)88-67-70(89-73(78)61-58-55-52-49-46-41-24-21-18-15-12-9-6-3)66-84-72(77)60-57-54-51-48-45-43-39-37-28-26-23-20-17-14-11-8-5-2/h7-8,10-12,15-17,19-21,24-28,30-31,33-34,68-70,74-75H,4-6,9,13-14,18,22-23,29,32,35-67H2,1-3H3,(H,79,80)(H,81,82)/b10-7-,11-8-,15-12-,19-16-,20-17-,24-21-,27-25-,28-26-,31-30-,34-33-. The summed E-state index contributed by atoms with van der Waals surface area (Å²) in [5.74, 6) is -1.61. The molecule has 0 aliphatic rings. The Kier molecular flexibility index (Phi) is 63.1. The topological polar surface area (TPSA) is 231 Å². The minimum atomic E-state index is -4.93. The maximum absolute atomic E-state index is 12.9. The van der Waals surface area contributed by atoms with E-state index in [4.69, 9.17) is 32.3 Å². The van der Waals surface area contributed by atoms with Crippen LogP contribution in [0.5, 0.6) is 0 Å². The molecule has 18 heteroatoms. The summed E-state index contributed by atoms with van der Waals surface area (Å²) < 4.78 is 60.9. The van der Waals surface area contributed by atoms with Gasteiger partial charge in [-0.15, -0.1) is 0 Å². The predicted octanol–water partition coefficient (Wildman–Crippen LogP) is 19.4. The summed E-state index contributed by atoms with van der Waals surface area (Å²) in [5, 5.41) is 20.6. The molecule has 522 valence electrons. The van der Waals surface area contributed by atoms with E-state index in [2.05, 4.69) is 142 Å². The lowest BCUT2D eigenvalue weighted by Gasteiger charge is -2.21. The number of hydrogen-bond donors (Lipinski definition) is 4. The van der Waals surface area contributed by atoms with Gasteiger partial charge < -0.3 is 34.2 Å². The minimum Gasteiger partial charge on any atom is -0.463 e. The zero-order valence-corrected chi connectivity index (χ0v) is 58.3. The molecule has 0 saturated carbocycles. The predicted molar refractivity (Wildman–Crippen MR) is 371 cm³/mol. The molecule has 0 saturated heterocycles. The average Bonchev–Trinajstić information content (AvgIpc) is 3.75. The van der Waals surface area contributed by atoms with Crippen LogP contribution in [0.2, 0.25) is 0 Å². The first-order valence-corrected chi connectivity index (χ1v) is 37.8. The molecule has 16 nitrogen and oxygen atoms in total. The number of aliphatic hydroxyl groups is 2. The number of aliphatic hydroxyl groups excluding tert-OH is 2. The Morgan fingerprint density at radius 2 is 0.582 bits per heavy atom. The lowest BCUT2D eigenvalue weighted by molar-refractivity contribution is -0.161. The van der Waals surface area contributed by atoms with Crippen LogP contribution in [-0.4, -0.2) is 95.9 Å². The van der Waals surface area contributed by atoms with Crippen molar-refractivity contribution in [1.82, 2.24) is 0 Å². The Bertz CT molecular complexity index is 2140. The van der Waals surface area contributed by atoms with Gasteiger partial charge in [0.05, 0.1) is 26.4 Å². The highest BCUT2D eigenvalue weighted by molar-refractivity contribution is 7.47. The quantitative estimate of drug-likeness (QED) is 0.0146. The van der Waals surface area contributed by atoms with Gasteiger partial charge in [0.2, 0.25) is 0 Å². The number of ether oxygens (including phenoxy) is 3. The van der Waals surface area contributed by atoms with E-state index in [-0.39, 0.29) is 19.3 Å². The van der Waals surface area contributed by atoms with E-state index in [9.17, 15) is 43.5 Å². The van der Waals surface area contributed by atoms with E-state index in [1.165, 1.54) is 25.7 Å². The third-order valence-electron chi connectivity index (χ3n) is 14.1. The fourth-order valence-electron chi connectivity index (χ4n) is 8.88. The van der Waals surface area contributed by atoms with Crippen molar-refractivity contribution in [2.75, 3.05) is 39.6 Å². The molecule has 5 atom stereocenters. The maximum atomic E-state index is 12.9. The van der Waals surface area contributed by atoms with E-state index in [0.29, 0.717) is 19.3 Å². The summed E-state index contributed by atoms with van der Waals surface area (Å²) in [7, 11) is -9.79. The Labute approximate surface area is 551 Å². The lowest BCUT2D eigenvalue weighted by atomic mass is 10.1. The van der Waals surface area contributed by atoms with Crippen molar-refractivity contribution in [2.24, 2.45) is 0 Å². The van der Waals surface area contributed by atoms with Gasteiger partial charge in [0.25, 0.3) is 0 Å². The number of allylic oxidation sites excluding steroid dienone is 20. The van der Waals surface area contributed by atoms with E-state index < -0.39 is 91.5 Å². The molecule has 0 aromatic rings. The van der Waals surface area contributed by atoms with Crippen LogP contribution in [0.25, 0.3) is 0 Å². The Hall–Kier alpha value is -4.05. The van der Waals surface area contributed by atoms with Gasteiger partial charge >= 0.3 is 33.6 Å². The number of unbranched alkanes of at least 4 members (excludes halogenated alkanes) is 22. The van der Waals surface area contributed by atoms with Crippen molar-refractivity contribution in [3.05, 3.63) is 122 Å². The smallest absolute Gasteiger partial charge is 0.463 e. The molecule has 0 aromatic carbocycles. The van der Waals surface area contributed by atoms with E-state index in [0.717, 1.165) is 180 Å². The summed E-state index contributed by atoms with van der Waals surface area (Å²) in [4.78, 5) is 58.4. The van der Waals surface area contributed by atoms with Gasteiger partial charge in [-0.3, -0.25) is 32.5 Å². The normalized spacial score (nSPS) is 14.9. The third-order valence-corrected chi connectivity index (χ3v) is 16.0. The molecule has 0 radical (unpaired) electrons. The van der Waals surface area contributed by atoms with Gasteiger partial charge in [-0.25, -0.2) is 9.13 Å². The molecule has 0 spiro atoms. The fraction of sp³-hybridized carbons (Fsp3) is 0.685. The molecule has 0 fully saturated rings. The molecule has 5 unspecified atom stereocenters. The van der Waals surface area contributed by atoms with Crippen LogP contribution >= 0.6 is 15.6 Å². The molecule has 0 aliphatic heterocycles. The summed E-state index contributed by atoms with van der Waals surface area (Å²) >= 11 is 0. The van der Waals surface area contributed by atoms with Crippen molar-refractivity contribution in [1.29, 1.82) is 0 Å². The summed E-state index contributed by atoms with van der Waals surface area (Å²) in [5.41, 5.74) is 0. The fourth-order valence-corrected chi connectivity index (χ4v) is 10.5. The molecule has 0 aliphatic carbocycles. The first kappa shape index (κ1) is 87.0. The molecule has 0 heterocycles. The highest BCUT2D eigenvalue weighted by Crippen LogP contribution is 2.45. The van der Waals surface area contributed by atoms with Crippen molar-refractivity contribution in [3.63, 3.8) is 0 Å². The largest absolute Gasteiger partial charge is 0.472 e. The Morgan fingerprint density at radius 3 is 0.923 bits per heavy atom. The second kappa shape index (κ2) is 66.0. The zero-order chi connectivity index (χ0) is 66.7. The summed E-state index contributed by atoms with van der Waals surface area (Å²) in [6.07, 6.45) is 75.4. The highest BCUT2D eigenvalue weighted by Gasteiger charge is 2.29. The zero-order valence-electron chi connectivity index (χ0n) is 56.5. The van der Waals surface area contributed by atoms with Crippen LogP contribution in [0.4, 0.5) is 0 Å². The first-order valence-electron chi connectivity index (χ1n) is 34.8. The number of rotatable bonds is 65. The number of esters is 3. The SMILES string of the molecule is CC/C=C\C/C=C\C/C=C\C/C=C\C/C=C\CCCCCCCCCCCC(=O)OCC(O)COP(=O)(O)OCC(O)COP(=O)(O)OCC(COC(=O)CCCCCCCCC/C=C\C/C=C\C/C=C\CC)OC(=O)CCCCCCC/C=C\C/C=C\CCC. The number of carbonyl (C=O) groups excluding carboxylic acids is 3. The molecule has 0 rings (SSSR count). The molecule has 0 aromatic heterocycles. The van der Waals surface area contributed by atoms with Crippen LogP contribution in [0.3, 0.4) is 0 Å². The third kappa shape index (κ3) is 67.2. The number of phosphoric acid groups is 2. The van der Waals surface area contributed by atoms with Crippen molar-refractivity contribution < 1.29 is 75.8 Å². The second-order valence-corrected chi connectivity index (χ2v) is 25.8. The molecular formula is C73H124O16P2. The molecule has 0 bridgehead atoms. The van der Waals surface area contributed by atoms with E-state index in [1.54, 1.807) is 0 Å². The summed E-state index contributed by atoms with van der Waals surface area (Å²) in [6.45, 7) is 2.34. The highest BCUT2D eigenvalue weighted by atomic mass is 31.2. The Balaban J connectivity index is 4.56. The van der Waals surface area contributed by atoms with Gasteiger partial charge in [0, 0.05) is 19.3 Å². The number of carbonyl (C=O) groups is 3. The van der Waals surface area contributed by atoms with Gasteiger partial charge in [0.15, 0.2) is 6.10 Å². The molecule has 91 heavy (non-hydrogen) atoms. The van der Waals surface area contributed by atoms with Crippen molar-refractivity contribution in [3.8, 4) is 0 Å². The van der Waals surface area contributed by atoms with Gasteiger partial charge in [-0.05, 0) is 122 Å². The van der Waals surface area contributed by atoms with Crippen molar-refractivity contribution >= 4 is 33.6 Å². The summed E-state index contributed by atoms with van der Waals surface area (Å²) in [6, 6.07) is 0. The van der Waals surface area contributed by atoms with Crippen LogP contribution in [0, 0.1) is 0 Å². The maximum Gasteiger partial charge on any atom is 0.472 e. The molecule has 0 amide bonds. The van der Waals surface area contributed by atoms with Crippen molar-refractivity contribution in [2.45, 2.75) is 283 Å². The van der Waals surface area contributed by atoms with Crippen LogP contribution in [0.1, 0.15) is 265 Å². The minimum absolute atomic E-state index is 0.0838. The van der Waals surface area contributed by atoms with E-state index >= 15 is 0 Å². The van der Waals surface area contributed by atoms with Crippen LogP contribution < -0.4 is 0 Å². The lowest BCUT2D eigenvalue weighted by Crippen LogP contribution is -2.30. The average molecular weight is 1320 g/mol. The van der Waals surface area contributed by atoms with Crippen LogP contribution in [0.15, 0.2) is 122 Å². The van der Waals surface area contributed by atoms with Gasteiger partial charge in [0.1, 0.15) is 25.4 Å². The number of phosphoric ester groups is 2.